The van der Waals surface area contributed by atoms with E-state index < -0.39 is 53.6 Å². The second-order valence-corrected chi connectivity index (χ2v) is 8.79. The molecule has 2 saturated heterocycles. The predicted octanol–water partition coefficient (Wildman–Crippen LogP) is 2.07. The summed E-state index contributed by atoms with van der Waals surface area (Å²) in [7, 11) is 2.92. The summed E-state index contributed by atoms with van der Waals surface area (Å²) in [4.78, 5) is 52.9. The molecule has 2 aliphatic rings. The van der Waals surface area contributed by atoms with Crippen LogP contribution >= 0.6 is 0 Å². The van der Waals surface area contributed by atoms with Gasteiger partial charge in [-0.05, 0) is 31.5 Å². The summed E-state index contributed by atoms with van der Waals surface area (Å²) in [5, 5.41) is 22.7. The van der Waals surface area contributed by atoms with Crippen molar-refractivity contribution in [3.8, 4) is 11.5 Å². The number of amides is 2. The summed E-state index contributed by atoms with van der Waals surface area (Å²) in [6, 6.07) is 9.05. The molecule has 0 bridgehead atoms. The Kier molecular flexibility index (Phi) is 6.02. The molecule has 184 valence electrons. The zero-order valence-corrected chi connectivity index (χ0v) is 19.7. The van der Waals surface area contributed by atoms with Crippen LogP contribution in [0.5, 0.6) is 11.5 Å². The Morgan fingerprint density at radius 3 is 2.29 bits per heavy atom. The fourth-order valence-corrected chi connectivity index (χ4v) is 5.43. The van der Waals surface area contributed by atoms with Gasteiger partial charge in [0, 0.05) is 17.2 Å². The van der Waals surface area contributed by atoms with Gasteiger partial charge in [0.25, 0.3) is 0 Å². The number of carboxylic acid groups (broad SMARTS) is 2. The minimum atomic E-state index is -2.20. The quantitative estimate of drug-likeness (QED) is 0.506. The molecule has 2 aromatic rings. The van der Waals surface area contributed by atoms with Gasteiger partial charge in [0.05, 0.1) is 38.2 Å². The molecule has 2 aromatic carbocycles. The lowest BCUT2D eigenvalue weighted by atomic mass is 9.77. The Morgan fingerprint density at radius 2 is 1.71 bits per heavy atom. The molecule has 2 aliphatic heterocycles. The highest BCUT2D eigenvalue weighted by atomic mass is 16.5. The first kappa shape index (κ1) is 24.2. The third-order valence-corrected chi connectivity index (χ3v) is 6.97. The molecule has 0 saturated carbocycles. The number of imide groups is 1. The van der Waals surface area contributed by atoms with Crippen LogP contribution in [0.4, 0.5) is 5.69 Å². The van der Waals surface area contributed by atoms with Crippen LogP contribution in [-0.4, -0.2) is 53.7 Å². The van der Waals surface area contributed by atoms with Crippen molar-refractivity contribution in [2.45, 2.75) is 31.8 Å². The second-order valence-electron chi connectivity index (χ2n) is 8.79. The minimum absolute atomic E-state index is 0.336. The lowest BCUT2D eigenvalue weighted by Crippen LogP contribution is -2.57. The Morgan fingerprint density at radius 1 is 1.03 bits per heavy atom. The maximum atomic E-state index is 13.8. The van der Waals surface area contributed by atoms with Crippen molar-refractivity contribution in [2.24, 2.45) is 11.8 Å². The van der Waals surface area contributed by atoms with Gasteiger partial charge in [-0.1, -0.05) is 24.3 Å². The Bertz CT molecular complexity index is 1240. The number of para-hydroxylation sites is 1. The maximum absolute atomic E-state index is 13.8. The van der Waals surface area contributed by atoms with Gasteiger partial charge < -0.3 is 19.7 Å². The van der Waals surface area contributed by atoms with Crippen molar-refractivity contribution in [2.75, 3.05) is 19.1 Å². The third-order valence-electron chi connectivity index (χ3n) is 6.97. The average Bonchev–Trinajstić information content (AvgIpc) is 3.28. The predicted molar refractivity (Wildman–Crippen MR) is 123 cm³/mol. The first-order valence-corrected chi connectivity index (χ1v) is 11.0. The van der Waals surface area contributed by atoms with Gasteiger partial charge in [-0.3, -0.25) is 24.5 Å². The van der Waals surface area contributed by atoms with E-state index >= 15 is 0 Å². The zero-order valence-electron chi connectivity index (χ0n) is 19.7. The van der Waals surface area contributed by atoms with Crippen LogP contribution in [0.2, 0.25) is 0 Å². The van der Waals surface area contributed by atoms with Crippen LogP contribution in [0, 0.1) is 25.7 Å². The molecular formula is C25H26N2O8. The standard InChI is InChI=1S/C25H26N2O8/c1-12-7-5-6-8-15(12)27-22(30)18-19(23(27)31)25(24(32)33,11-17(28)29)26-20(18)14-9-10-16(34-3)13(2)21(14)35-4/h5-10,18-20,26H,11H2,1-4H3,(H,28,29)(H,32,33). The van der Waals surface area contributed by atoms with Crippen molar-refractivity contribution >= 4 is 29.4 Å². The minimum Gasteiger partial charge on any atom is -0.496 e. The van der Waals surface area contributed by atoms with Crippen LogP contribution in [-0.2, 0) is 19.2 Å². The molecular weight excluding hydrogens is 456 g/mol. The van der Waals surface area contributed by atoms with Crippen LogP contribution in [0.15, 0.2) is 36.4 Å². The highest BCUT2D eigenvalue weighted by Crippen LogP contribution is 2.53. The van der Waals surface area contributed by atoms with E-state index in [1.165, 1.54) is 14.2 Å². The third kappa shape index (κ3) is 3.52. The number of rotatable bonds is 7. The molecule has 0 aromatic heterocycles. The Labute approximate surface area is 201 Å². The summed E-state index contributed by atoms with van der Waals surface area (Å²) < 4.78 is 10.9. The van der Waals surface area contributed by atoms with E-state index in [4.69, 9.17) is 9.47 Å². The fourth-order valence-electron chi connectivity index (χ4n) is 5.43. The molecule has 0 spiro atoms. The summed E-state index contributed by atoms with van der Waals surface area (Å²) >= 11 is 0. The first-order chi connectivity index (χ1) is 16.6. The molecule has 2 fully saturated rings. The van der Waals surface area contributed by atoms with Crippen LogP contribution in [0.25, 0.3) is 0 Å². The molecule has 10 heteroatoms. The van der Waals surface area contributed by atoms with E-state index in [1.54, 1.807) is 50.2 Å². The van der Waals surface area contributed by atoms with Crippen molar-refractivity contribution < 1.29 is 38.9 Å². The van der Waals surface area contributed by atoms with Gasteiger partial charge in [0.15, 0.2) is 0 Å². The molecule has 0 aliphatic carbocycles. The number of nitrogens with one attached hydrogen (secondary N) is 1. The van der Waals surface area contributed by atoms with E-state index in [2.05, 4.69) is 5.32 Å². The van der Waals surface area contributed by atoms with Gasteiger partial charge in [-0.15, -0.1) is 0 Å². The van der Waals surface area contributed by atoms with Gasteiger partial charge in [-0.25, -0.2) is 4.90 Å². The van der Waals surface area contributed by atoms with Crippen molar-refractivity contribution in [1.82, 2.24) is 5.32 Å². The molecule has 4 unspecified atom stereocenters. The Hall–Kier alpha value is -3.92. The number of ether oxygens (including phenoxy) is 2. The Balaban J connectivity index is 1.94. The van der Waals surface area contributed by atoms with E-state index in [0.717, 1.165) is 4.90 Å². The number of fused-ring (bicyclic) bond motifs is 1. The highest BCUT2D eigenvalue weighted by molar-refractivity contribution is 6.24. The van der Waals surface area contributed by atoms with E-state index in [9.17, 15) is 29.4 Å². The van der Waals surface area contributed by atoms with Crippen LogP contribution in [0.3, 0.4) is 0 Å². The monoisotopic (exact) mass is 482 g/mol. The normalized spacial score (nSPS) is 25.5. The number of carbonyl (C=O) groups is 4. The molecule has 3 N–H and O–H groups in total. The van der Waals surface area contributed by atoms with Crippen molar-refractivity contribution in [3.63, 3.8) is 0 Å². The molecule has 10 nitrogen and oxygen atoms in total. The molecule has 0 radical (unpaired) electrons. The summed E-state index contributed by atoms with van der Waals surface area (Å²) in [5.74, 6) is -6.02. The van der Waals surface area contributed by atoms with Gasteiger partial charge >= 0.3 is 11.9 Å². The zero-order chi connectivity index (χ0) is 25.7. The van der Waals surface area contributed by atoms with Gasteiger partial charge in [0.1, 0.15) is 17.0 Å². The topological polar surface area (TPSA) is 142 Å². The number of aryl methyl sites for hydroxylation is 1. The number of hydrogen-bond acceptors (Lipinski definition) is 7. The van der Waals surface area contributed by atoms with Gasteiger partial charge in [0.2, 0.25) is 11.8 Å². The number of carboxylic acids is 2. The molecule has 4 atom stereocenters. The molecule has 4 rings (SSSR count). The van der Waals surface area contributed by atoms with Crippen molar-refractivity contribution in [1.29, 1.82) is 0 Å². The van der Waals surface area contributed by atoms with Crippen LogP contribution in [0.1, 0.15) is 29.2 Å². The number of anilines is 1. The highest BCUT2D eigenvalue weighted by Gasteiger charge is 2.69. The van der Waals surface area contributed by atoms with Crippen molar-refractivity contribution in [3.05, 3.63) is 53.1 Å². The SMILES string of the molecule is COc1ccc(C2NC(CC(=O)O)(C(=O)O)C3C(=O)N(c4ccccc4C)C(=O)C23)c(OC)c1C. The maximum Gasteiger partial charge on any atom is 0.325 e. The summed E-state index contributed by atoms with van der Waals surface area (Å²) in [6.07, 6.45) is -0.891. The smallest absolute Gasteiger partial charge is 0.325 e. The molecule has 35 heavy (non-hydrogen) atoms. The summed E-state index contributed by atoms with van der Waals surface area (Å²) in [6.45, 7) is 3.48. The number of benzene rings is 2. The molecule has 2 heterocycles. The number of methoxy groups -OCH3 is 2. The lowest BCUT2D eigenvalue weighted by molar-refractivity contribution is -0.154. The number of nitrogens with zero attached hydrogens (tertiary/aromatic N) is 1. The number of carbonyl (C=O) groups excluding carboxylic acids is 2. The second kappa shape index (κ2) is 8.70. The first-order valence-electron chi connectivity index (χ1n) is 11.0. The van der Waals surface area contributed by atoms with Gasteiger partial charge in [-0.2, -0.15) is 0 Å². The summed E-state index contributed by atoms with van der Waals surface area (Å²) in [5.41, 5.74) is -0.171. The number of aliphatic carboxylic acids is 2. The largest absolute Gasteiger partial charge is 0.496 e. The van der Waals surface area contributed by atoms with E-state index in [1.807, 2.05) is 0 Å². The average molecular weight is 482 g/mol. The van der Waals surface area contributed by atoms with E-state index in [-0.39, 0.29) is 0 Å². The fraction of sp³-hybridized carbons (Fsp3) is 0.360. The lowest BCUT2D eigenvalue weighted by Gasteiger charge is -2.30. The van der Waals surface area contributed by atoms with E-state index in [0.29, 0.717) is 33.9 Å². The number of hydrogen-bond donors (Lipinski definition) is 3. The van der Waals surface area contributed by atoms with Crippen LogP contribution < -0.4 is 19.7 Å². The molecule has 2 amide bonds.